The predicted molar refractivity (Wildman–Crippen MR) is 74.9 cm³/mol. The quantitative estimate of drug-likeness (QED) is 0.623. The van der Waals surface area contributed by atoms with Crippen molar-refractivity contribution in [3.63, 3.8) is 0 Å². The van der Waals surface area contributed by atoms with Gasteiger partial charge in [-0.3, -0.25) is 9.78 Å². The highest BCUT2D eigenvalue weighted by atomic mass is 35.5. The van der Waals surface area contributed by atoms with Gasteiger partial charge in [0.2, 0.25) is 0 Å². The van der Waals surface area contributed by atoms with Gasteiger partial charge in [0.1, 0.15) is 6.42 Å². The van der Waals surface area contributed by atoms with Crippen LogP contribution >= 0.6 is 11.6 Å². The van der Waals surface area contributed by atoms with E-state index >= 15 is 0 Å². The molecule has 0 saturated heterocycles. The molecule has 0 unspecified atom stereocenters. The largest absolute Gasteiger partial charge is 0.465 e. The lowest BCUT2D eigenvalue weighted by Crippen LogP contribution is -2.01. The Labute approximate surface area is 116 Å². The molecule has 19 heavy (non-hydrogen) atoms. The van der Waals surface area contributed by atoms with Crippen LogP contribution in [-0.4, -0.2) is 17.6 Å². The maximum Gasteiger partial charge on any atom is 0.317 e. The van der Waals surface area contributed by atoms with Crippen LogP contribution in [0.2, 0.25) is 5.02 Å². The van der Waals surface area contributed by atoms with Crippen molar-refractivity contribution < 1.29 is 9.53 Å². The van der Waals surface area contributed by atoms with Gasteiger partial charge >= 0.3 is 5.97 Å². The molecule has 1 aromatic heterocycles. The zero-order chi connectivity index (χ0) is 13.7. The summed E-state index contributed by atoms with van der Waals surface area (Å²) in [5.74, 6) is 5.38. The molecule has 0 radical (unpaired) electrons. The SMILES string of the molecule is CCOC(=O)CC#Cc1ccc2c(Cl)ccnc2c1. The summed E-state index contributed by atoms with van der Waals surface area (Å²) >= 11 is 6.05. The van der Waals surface area contributed by atoms with Crippen LogP contribution in [0.3, 0.4) is 0 Å². The fraction of sp³-hybridized carbons (Fsp3) is 0.200. The minimum atomic E-state index is -0.308. The second kappa shape index (κ2) is 6.21. The van der Waals surface area contributed by atoms with Crippen molar-refractivity contribution in [3.05, 3.63) is 41.0 Å². The van der Waals surface area contributed by atoms with Crippen molar-refractivity contribution >= 4 is 28.5 Å². The highest BCUT2D eigenvalue weighted by Crippen LogP contribution is 2.21. The van der Waals surface area contributed by atoms with E-state index in [2.05, 4.69) is 16.8 Å². The summed E-state index contributed by atoms with van der Waals surface area (Å²) in [5.41, 5.74) is 1.59. The van der Waals surface area contributed by atoms with Crippen molar-refractivity contribution in [2.24, 2.45) is 0 Å². The maximum atomic E-state index is 11.1. The first-order valence-corrected chi connectivity index (χ1v) is 6.27. The average molecular weight is 274 g/mol. The number of benzene rings is 1. The van der Waals surface area contributed by atoms with Gasteiger partial charge in [-0.25, -0.2) is 0 Å². The molecule has 0 aliphatic carbocycles. The topological polar surface area (TPSA) is 39.2 Å². The van der Waals surface area contributed by atoms with E-state index in [0.717, 1.165) is 16.5 Å². The zero-order valence-electron chi connectivity index (χ0n) is 10.4. The summed E-state index contributed by atoms with van der Waals surface area (Å²) in [6.07, 6.45) is 1.75. The van der Waals surface area contributed by atoms with Crippen LogP contribution in [0.5, 0.6) is 0 Å². The van der Waals surface area contributed by atoms with Gasteiger partial charge in [0.25, 0.3) is 0 Å². The van der Waals surface area contributed by atoms with E-state index in [1.165, 1.54) is 0 Å². The Balaban J connectivity index is 2.18. The number of esters is 1. The minimum absolute atomic E-state index is 0.0921. The number of hydrogen-bond donors (Lipinski definition) is 0. The van der Waals surface area contributed by atoms with E-state index in [1.807, 2.05) is 18.2 Å². The van der Waals surface area contributed by atoms with Crippen LogP contribution in [0, 0.1) is 11.8 Å². The number of aromatic nitrogens is 1. The summed E-state index contributed by atoms with van der Waals surface area (Å²) in [5, 5.41) is 1.55. The third-order valence-corrected chi connectivity index (χ3v) is 2.79. The number of carbonyl (C=O) groups excluding carboxylic acids is 1. The van der Waals surface area contributed by atoms with Gasteiger partial charge in [-0.05, 0) is 25.1 Å². The van der Waals surface area contributed by atoms with Gasteiger partial charge in [0.15, 0.2) is 0 Å². The Morgan fingerprint density at radius 2 is 2.26 bits per heavy atom. The Morgan fingerprint density at radius 1 is 1.42 bits per heavy atom. The summed E-state index contributed by atoms with van der Waals surface area (Å²) in [7, 11) is 0. The highest BCUT2D eigenvalue weighted by Gasteiger charge is 2.00. The van der Waals surface area contributed by atoms with Crippen LogP contribution in [0.25, 0.3) is 10.9 Å². The molecule has 4 heteroatoms. The third-order valence-electron chi connectivity index (χ3n) is 2.46. The lowest BCUT2D eigenvalue weighted by molar-refractivity contribution is -0.141. The molecule has 0 amide bonds. The monoisotopic (exact) mass is 273 g/mol. The molecule has 0 bridgehead atoms. The number of ether oxygens (including phenoxy) is 1. The van der Waals surface area contributed by atoms with E-state index in [4.69, 9.17) is 16.3 Å². The van der Waals surface area contributed by atoms with Crippen LogP contribution in [0.1, 0.15) is 18.9 Å². The highest BCUT2D eigenvalue weighted by molar-refractivity contribution is 6.35. The van der Waals surface area contributed by atoms with Gasteiger partial charge in [0, 0.05) is 17.1 Å². The molecule has 0 fully saturated rings. The minimum Gasteiger partial charge on any atom is -0.465 e. The third kappa shape index (κ3) is 3.46. The lowest BCUT2D eigenvalue weighted by atomic mass is 10.1. The van der Waals surface area contributed by atoms with Gasteiger partial charge in [-0.15, -0.1) is 0 Å². The molecule has 0 aliphatic rings. The second-order valence-electron chi connectivity index (χ2n) is 3.81. The second-order valence-corrected chi connectivity index (χ2v) is 4.22. The standard InChI is InChI=1S/C15H12ClNO2/c1-2-19-15(18)5-3-4-11-6-7-12-13(16)8-9-17-14(12)10-11/h6-10H,2,5H2,1H3. The van der Waals surface area contributed by atoms with Crippen molar-refractivity contribution in [1.29, 1.82) is 0 Å². The molecule has 96 valence electrons. The van der Waals surface area contributed by atoms with Gasteiger partial charge in [-0.2, -0.15) is 0 Å². The summed E-state index contributed by atoms with van der Waals surface area (Å²) in [4.78, 5) is 15.4. The first-order valence-electron chi connectivity index (χ1n) is 5.89. The average Bonchev–Trinajstić information content (AvgIpc) is 2.39. The Kier molecular flexibility index (Phi) is 4.38. The molecule has 0 saturated carbocycles. The van der Waals surface area contributed by atoms with E-state index in [-0.39, 0.29) is 12.4 Å². The van der Waals surface area contributed by atoms with E-state index in [0.29, 0.717) is 11.6 Å². The van der Waals surface area contributed by atoms with Crippen LogP contribution in [-0.2, 0) is 9.53 Å². The van der Waals surface area contributed by atoms with Crippen molar-refractivity contribution in [1.82, 2.24) is 4.98 Å². The Bertz CT molecular complexity index is 671. The molecule has 0 aliphatic heterocycles. The number of pyridine rings is 1. The number of carbonyl (C=O) groups is 1. The molecular formula is C15H12ClNO2. The van der Waals surface area contributed by atoms with E-state index < -0.39 is 0 Å². The molecular weight excluding hydrogens is 262 g/mol. The Morgan fingerprint density at radius 3 is 3.05 bits per heavy atom. The number of fused-ring (bicyclic) bond motifs is 1. The normalized spacial score (nSPS) is 9.79. The van der Waals surface area contributed by atoms with Crippen LogP contribution in [0.15, 0.2) is 30.5 Å². The van der Waals surface area contributed by atoms with E-state index in [9.17, 15) is 4.79 Å². The Hall–Kier alpha value is -2.05. The molecule has 2 rings (SSSR count). The number of halogens is 1. The van der Waals surface area contributed by atoms with Crippen molar-refractivity contribution in [2.45, 2.75) is 13.3 Å². The maximum absolute atomic E-state index is 11.1. The number of rotatable bonds is 2. The predicted octanol–water partition coefficient (Wildman–Crippen LogP) is 3.19. The molecule has 1 heterocycles. The van der Waals surface area contributed by atoms with Crippen molar-refractivity contribution in [2.75, 3.05) is 6.61 Å². The molecule has 1 aromatic carbocycles. The van der Waals surface area contributed by atoms with Crippen LogP contribution in [0.4, 0.5) is 0 Å². The molecule has 3 nitrogen and oxygen atoms in total. The van der Waals surface area contributed by atoms with E-state index in [1.54, 1.807) is 19.2 Å². The smallest absolute Gasteiger partial charge is 0.317 e. The van der Waals surface area contributed by atoms with Gasteiger partial charge in [-0.1, -0.05) is 29.5 Å². The van der Waals surface area contributed by atoms with Gasteiger partial charge in [0.05, 0.1) is 17.1 Å². The fourth-order valence-corrected chi connectivity index (χ4v) is 1.84. The summed E-state index contributed by atoms with van der Waals surface area (Å²) < 4.78 is 4.79. The lowest BCUT2D eigenvalue weighted by Gasteiger charge is -1.99. The van der Waals surface area contributed by atoms with Crippen molar-refractivity contribution in [3.8, 4) is 11.8 Å². The molecule has 0 N–H and O–H groups in total. The van der Waals surface area contributed by atoms with Crippen LogP contribution < -0.4 is 0 Å². The molecule has 2 aromatic rings. The molecule has 0 atom stereocenters. The number of hydrogen-bond acceptors (Lipinski definition) is 3. The first kappa shape index (κ1) is 13.4. The zero-order valence-corrected chi connectivity index (χ0v) is 11.2. The first-order chi connectivity index (χ1) is 9.20. The fourth-order valence-electron chi connectivity index (χ4n) is 1.62. The molecule has 0 spiro atoms. The van der Waals surface area contributed by atoms with Gasteiger partial charge < -0.3 is 4.74 Å². The number of nitrogens with zero attached hydrogens (tertiary/aromatic N) is 1. The summed E-state index contributed by atoms with van der Waals surface area (Å²) in [6, 6.07) is 7.32. The summed E-state index contributed by atoms with van der Waals surface area (Å²) in [6.45, 7) is 2.14.